The summed E-state index contributed by atoms with van der Waals surface area (Å²) in [6.45, 7) is 5.65. The van der Waals surface area contributed by atoms with Crippen LogP contribution in [0.25, 0.3) is 0 Å². The minimum absolute atomic E-state index is 0.0294. The van der Waals surface area contributed by atoms with Gasteiger partial charge < -0.3 is 20.1 Å². The lowest BCUT2D eigenvalue weighted by molar-refractivity contribution is -0.120. The Balaban J connectivity index is 1.41. The summed E-state index contributed by atoms with van der Waals surface area (Å²) in [4.78, 5) is 26.0. The molecule has 0 radical (unpaired) electrons. The average Bonchev–Trinajstić information content (AvgIpc) is 3.07. The van der Waals surface area contributed by atoms with E-state index in [1.54, 1.807) is 0 Å². The van der Waals surface area contributed by atoms with Gasteiger partial charge in [0.2, 0.25) is 5.91 Å². The average molecular weight is 388 g/mol. The van der Waals surface area contributed by atoms with Crippen molar-refractivity contribution in [3.05, 3.63) is 45.1 Å². The molecule has 0 fully saturated rings. The van der Waals surface area contributed by atoms with Crippen molar-refractivity contribution in [2.75, 3.05) is 26.3 Å². The first kappa shape index (κ1) is 19.2. The zero-order valence-corrected chi connectivity index (χ0v) is 16.4. The predicted octanol–water partition coefficient (Wildman–Crippen LogP) is 2.48. The highest BCUT2D eigenvalue weighted by molar-refractivity contribution is 7.14. The molecule has 0 saturated carbocycles. The number of hydrogen-bond donors (Lipinski definition) is 2. The maximum atomic E-state index is 12.2. The Hall–Kier alpha value is -2.54. The molecule has 1 aliphatic heterocycles. The van der Waals surface area contributed by atoms with Crippen LogP contribution in [0.15, 0.2) is 24.3 Å². The largest absolute Gasteiger partial charge is 0.486 e. The van der Waals surface area contributed by atoms with Crippen LogP contribution in [0.4, 0.5) is 0 Å². The third-order valence-corrected chi connectivity index (χ3v) is 5.70. The van der Waals surface area contributed by atoms with Gasteiger partial charge in [-0.05, 0) is 49.1 Å². The Morgan fingerprint density at radius 2 is 1.89 bits per heavy atom. The van der Waals surface area contributed by atoms with Crippen LogP contribution in [0.3, 0.4) is 0 Å². The molecule has 1 aliphatic rings. The highest BCUT2D eigenvalue weighted by Crippen LogP contribution is 2.30. The van der Waals surface area contributed by atoms with Crippen LogP contribution in [0.2, 0.25) is 0 Å². The fraction of sp³-hybridized carbons (Fsp3) is 0.400. The van der Waals surface area contributed by atoms with Crippen LogP contribution in [0.1, 0.15) is 32.6 Å². The standard InChI is InChI=1S/C20H24N2O4S/c1-3-17-13(2)10-18(27-17)20(24)22-12-19(23)21-7-6-14-4-5-15-16(11-14)26-9-8-25-15/h4-5,10-11H,3,6-9,12H2,1-2H3,(H,21,23)(H,22,24). The molecule has 0 atom stereocenters. The number of nitrogens with one attached hydrogen (secondary N) is 2. The molecule has 0 aliphatic carbocycles. The summed E-state index contributed by atoms with van der Waals surface area (Å²) in [6, 6.07) is 7.66. The first-order valence-electron chi connectivity index (χ1n) is 9.09. The molecule has 144 valence electrons. The van der Waals surface area contributed by atoms with Gasteiger partial charge in [0.25, 0.3) is 5.91 Å². The van der Waals surface area contributed by atoms with Crippen molar-refractivity contribution in [3.8, 4) is 11.5 Å². The van der Waals surface area contributed by atoms with Gasteiger partial charge in [-0.15, -0.1) is 11.3 Å². The zero-order valence-electron chi connectivity index (χ0n) is 15.6. The number of rotatable bonds is 7. The third-order valence-electron chi connectivity index (χ3n) is 4.32. The summed E-state index contributed by atoms with van der Waals surface area (Å²) in [5, 5.41) is 5.50. The smallest absolute Gasteiger partial charge is 0.261 e. The number of carbonyl (C=O) groups is 2. The van der Waals surface area contributed by atoms with Crippen LogP contribution < -0.4 is 20.1 Å². The van der Waals surface area contributed by atoms with Crippen molar-refractivity contribution in [2.45, 2.75) is 26.7 Å². The van der Waals surface area contributed by atoms with Gasteiger partial charge in [0.15, 0.2) is 11.5 Å². The van der Waals surface area contributed by atoms with Gasteiger partial charge in [-0.1, -0.05) is 13.0 Å². The van der Waals surface area contributed by atoms with E-state index in [1.807, 2.05) is 31.2 Å². The van der Waals surface area contributed by atoms with Crippen molar-refractivity contribution in [1.82, 2.24) is 10.6 Å². The highest BCUT2D eigenvalue weighted by atomic mass is 32.1. The maximum absolute atomic E-state index is 12.2. The van der Waals surface area contributed by atoms with E-state index in [9.17, 15) is 9.59 Å². The second kappa shape index (κ2) is 8.90. The highest BCUT2D eigenvalue weighted by Gasteiger charge is 2.13. The van der Waals surface area contributed by atoms with Gasteiger partial charge in [-0.2, -0.15) is 0 Å². The fourth-order valence-corrected chi connectivity index (χ4v) is 3.91. The second-order valence-electron chi connectivity index (χ2n) is 6.33. The summed E-state index contributed by atoms with van der Waals surface area (Å²) in [5.74, 6) is 1.09. The number of thiophene rings is 1. The molecule has 0 bridgehead atoms. The molecule has 2 aromatic rings. The molecular weight excluding hydrogens is 364 g/mol. The third kappa shape index (κ3) is 5.01. The Morgan fingerprint density at radius 3 is 2.63 bits per heavy atom. The van der Waals surface area contributed by atoms with Gasteiger partial charge in [0.1, 0.15) is 13.2 Å². The number of carbonyl (C=O) groups excluding carboxylic acids is 2. The first-order chi connectivity index (χ1) is 13.1. The van der Waals surface area contributed by atoms with Crippen molar-refractivity contribution in [3.63, 3.8) is 0 Å². The SMILES string of the molecule is CCc1sc(C(=O)NCC(=O)NCCc2ccc3c(c2)OCCO3)cc1C. The lowest BCUT2D eigenvalue weighted by Crippen LogP contribution is -2.37. The number of benzene rings is 1. The van der Waals surface area contributed by atoms with Crippen molar-refractivity contribution < 1.29 is 19.1 Å². The van der Waals surface area contributed by atoms with E-state index < -0.39 is 0 Å². The molecule has 0 saturated heterocycles. The molecule has 7 heteroatoms. The second-order valence-corrected chi connectivity index (χ2v) is 7.47. The Labute approximate surface area is 162 Å². The monoisotopic (exact) mass is 388 g/mol. The summed E-state index contributed by atoms with van der Waals surface area (Å²) in [7, 11) is 0. The summed E-state index contributed by atoms with van der Waals surface area (Å²) >= 11 is 1.48. The normalized spacial score (nSPS) is 12.5. The lowest BCUT2D eigenvalue weighted by atomic mass is 10.1. The summed E-state index contributed by atoms with van der Waals surface area (Å²) in [6.07, 6.45) is 1.59. The van der Waals surface area contributed by atoms with E-state index in [0.717, 1.165) is 29.0 Å². The van der Waals surface area contributed by atoms with Crippen LogP contribution >= 0.6 is 11.3 Å². The number of amides is 2. The molecule has 2 heterocycles. The molecule has 1 aromatic carbocycles. The van der Waals surface area contributed by atoms with E-state index >= 15 is 0 Å². The maximum Gasteiger partial charge on any atom is 0.261 e. The van der Waals surface area contributed by atoms with Crippen LogP contribution in [0, 0.1) is 6.92 Å². The molecule has 3 rings (SSSR count). The van der Waals surface area contributed by atoms with Crippen LogP contribution in [0.5, 0.6) is 11.5 Å². The van der Waals surface area contributed by atoms with E-state index in [1.165, 1.54) is 16.2 Å². The van der Waals surface area contributed by atoms with E-state index in [0.29, 0.717) is 31.1 Å². The zero-order chi connectivity index (χ0) is 19.2. The minimum Gasteiger partial charge on any atom is -0.486 e. The van der Waals surface area contributed by atoms with E-state index in [-0.39, 0.29) is 18.4 Å². The Kier molecular flexibility index (Phi) is 6.34. The molecule has 1 aromatic heterocycles. The van der Waals surface area contributed by atoms with Gasteiger partial charge in [0, 0.05) is 11.4 Å². The number of aryl methyl sites for hydroxylation is 2. The number of fused-ring (bicyclic) bond motifs is 1. The molecule has 0 spiro atoms. The molecular formula is C20H24N2O4S. The molecule has 2 amide bonds. The minimum atomic E-state index is -0.204. The lowest BCUT2D eigenvalue weighted by Gasteiger charge is -2.18. The van der Waals surface area contributed by atoms with Gasteiger partial charge in [-0.3, -0.25) is 9.59 Å². The van der Waals surface area contributed by atoms with Crippen molar-refractivity contribution in [1.29, 1.82) is 0 Å². The Morgan fingerprint density at radius 1 is 1.11 bits per heavy atom. The van der Waals surface area contributed by atoms with Gasteiger partial charge in [-0.25, -0.2) is 0 Å². The number of ether oxygens (including phenoxy) is 2. The topological polar surface area (TPSA) is 76.7 Å². The van der Waals surface area contributed by atoms with Crippen LogP contribution in [-0.4, -0.2) is 38.1 Å². The summed E-state index contributed by atoms with van der Waals surface area (Å²) < 4.78 is 11.1. The Bertz CT molecular complexity index is 831. The van der Waals surface area contributed by atoms with Crippen molar-refractivity contribution >= 4 is 23.2 Å². The van der Waals surface area contributed by atoms with Crippen LogP contribution in [-0.2, 0) is 17.6 Å². The van der Waals surface area contributed by atoms with Gasteiger partial charge >= 0.3 is 0 Å². The van der Waals surface area contributed by atoms with E-state index in [4.69, 9.17) is 9.47 Å². The predicted molar refractivity (Wildman–Crippen MR) is 105 cm³/mol. The fourth-order valence-electron chi connectivity index (χ4n) is 2.88. The summed E-state index contributed by atoms with van der Waals surface area (Å²) in [5.41, 5.74) is 2.18. The molecule has 27 heavy (non-hydrogen) atoms. The first-order valence-corrected chi connectivity index (χ1v) is 9.91. The quantitative estimate of drug-likeness (QED) is 0.764. The molecule has 0 unspecified atom stereocenters. The molecule has 6 nitrogen and oxygen atoms in total. The van der Waals surface area contributed by atoms with E-state index in [2.05, 4.69) is 17.6 Å². The molecule has 2 N–H and O–H groups in total. The number of hydrogen-bond acceptors (Lipinski definition) is 5. The van der Waals surface area contributed by atoms with Crippen molar-refractivity contribution in [2.24, 2.45) is 0 Å². The van der Waals surface area contributed by atoms with Gasteiger partial charge in [0.05, 0.1) is 11.4 Å².